The van der Waals surface area contributed by atoms with E-state index >= 15 is 0 Å². The molecule has 0 aliphatic heterocycles. The van der Waals surface area contributed by atoms with Crippen LogP contribution < -0.4 is 5.32 Å². The highest BCUT2D eigenvalue weighted by Gasteiger charge is 2.23. The van der Waals surface area contributed by atoms with Gasteiger partial charge in [0.15, 0.2) is 0 Å². The van der Waals surface area contributed by atoms with E-state index in [-0.39, 0.29) is 0 Å². The summed E-state index contributed by atoms with van der Waals surface area (Å²) in [5.41, 5.74) is 0. The summed E-state index contributed by atoms with van der Waals surface area (Å²) in [7, 11) is 0. The molecule has 1 aliphatic rings. The van der Waals surface area contributed by atoms with E-state index in [1.165, 1.54) is 57.8 Å². The molecule has 0 amide bonds. The Bertz CT molecular complexity index is 200. The molecule has 0 saturated heterocycles. The summed E-state index contributed by atoms with van der Waals surface area (Å²) in [5, 5.41) is 3.88. The van der Waals surface area contributed by atoms with Crippen LogP contribution in [0.4, 0.5) is 0 Å². The van der Waals surface area contributed by atoms with E-state index in [1.54, 1.807) is 0 Å². The third-order valence-corrected chi connectivity index (χ3v) is 4.35. The third-order valence-electron chi connectivity index (χ3n) is 4.35. The maximum atomic E-state index is 3.88. The minimum atomic E-state index is 0.722. The van der Waals surface area contributed by atoms with E-state index in [0.29, 0.717) is 0 Å². The fraction of sp³-hybridized carbons (Fsp3) is 1.00. The standard InChI is InChI=1S/C17H35N/c1-5-6-7-9-15(4)18-17-11-8-10-16(13-17)12-14(2)3/h14-18H,5-13H2,1-4H3. The Morgan fingerprint density at radius 2 is 1.89 bits per heavy atom. The summed E-state index contributed by atoms with van der Waals surface area (Å²) in [6.45, 7) is 9.40. The van der Waals surface area contributed by atoms with Gasteiger partial charge in [0.25, 0.3) is 0 Å². The van der Waals surface area contributed by atoms with Crippen molar-refractivity contribution in [2.75, 3.05) is 0 Å². The van der Waals surface area contributed by atoms with Crippen molar-refractivity contribution in [1.29, 1.82) is 0 Å². The fourth-order valence-corrected chi connectivity index (χ4v) is 3.51. The molecular weight excluding hydrogens is 218 g/mol. The van der Waals surface area contributed by atoms with Gasteiger partial charge in [-0.1, -0.05) is 52.9 Å². The molecule has 0 heterocycles. The Morgan fingerprint density at radius 1 is 1.11 bits per heavy atom. The van der Waals surface area contributed by atoms with Crippen molar-refractivity contribution in [2.45, 2.75) is 97.6 Å². The smallest absolute Gasteiger partial charge is 0.00721 e. The second kappa shape index (κ2) is 8.96. The molecule has 108 valence electrons. The third kappa shape index (κ3) is 6.78. The highest BCUT2D eigenvalue weighted by Crippen LogP contribution is 2.29. The maximum absolute atomic E-state index is 3.88. The normalized spacial score (nSPS) is 26.5. The van der Waals surface area contributed by atoms with E-state index in [2.05, 4.69) is 33.0 Å². The van der Waals surface area contributed by atoms with Gasteiger partial charge in [-0.05, 0) is 44.4 Å². The molecule has 1 rings (SSSR count). The average Bonchev–Trinajstić information content (AvgIpc) is 2.28. The zero-order chi connectivity index (χ0) is 13.4. The number of unbranched alkanes of at least 4 members (excludes halogenated alkanes) is 2. The molecule has 0 radical (unpaired) electrons. The van der Waals surface area contributed by atoms with E-state index in [0.717, 1.165) is 23.9 Å². The van der Waals surface area contributed by atoms with E-state index in [1.807, 2.05) is 0 Å². The van der Waals surface area contributed by atoms with Crippen LogP contribution in [0.1, 0.15) is 85.5 Å². The van der Waals surface area contributed by atoms with Gasteiger partial charge in [0, 0.05) is 12.1 Å². The lowest BCUT2D eigenvalue weighted by atomic mass is 9.81. The lowest BCUT2D eigenvalue weighted by Gasteiger charge is -2.32. The summed E-state index contributed by atoms with van der Waals surface area (Å²) in [6, 6.07) is 1.53. The number of nitrogens with one attached hydrogen (secondary N) is 1. The van der Waals surface area contributed by atoms with Crippen molar-refractivity contribution < 1.29 is 0 Å². The quantitative estimate of drug-likeness (QED) is 0.590. The summed E-state index contributed by atoms with van der Waals surface area (Å²) in [5.74, 6) is 1.86. The van der Waals surface area contributed by atoms with Crippen LogP contribution in [0.5, 0.6) is 0 Å². The van der Waals surface area contributed by atoms with Gasteiger partial charge < -0.3 is 5.32 Å². The number of rotatable bonds is 8. The Morgan fingerprint density at radius 3 is 2.56 bits per heavy atom. The highest BCUT2D eigenvalue weighted by molar-refractivity contribution is 4.80. The van der Waals surface area contributed by atoms with Crippen molar-refractivity contribution in [3.05, 3.63) is 0 Å². The van der Waals surface area contributed by atoms with Crippen LogP contribution in [-0.4, -0.2) is 12.1 Å². The van der Waals surface area contributed by atoms with E-state index in [9.17, 15) is 0 Å². The molecule has 3 atom stereocenters. The van der Waals surface area contributed by atoms with Crippen molar-refractivity contribution in [2.24, 2.45) is 11.8 Å². The molecule has 1 aliphatic carbocycles. The summed E-state index contributed by atoms with van der Waals surface area (Å²) >= 11 is 0. The Labute approximate surface area is 115 Å². The molecule has 0 aromatic heterocycles. The molecule has 18 heavy (non-hydrogen) atoms. The first-order valence-corrected chi connectivity index (χ1v) is 8.37. The predicted octanol–water partition coefficient (Wildman–Crippen LogP) is 5.15. The fourth-order valence-electron chi connectivity index (χ4n) is 3.51. The molecule has 1 saturated carbocycles. The van der Waals surface area contributed by atoms with Crippen LogP contribution in [-0.2, 0) is 0 Å². The molecule has 0 bridgehead atoms. The van der Waals surface area contributed by atoms with Gasteiger partial charge in [-0.2, -0.15) is 0 Å². The van der Waals surface area contributed by atoms with Crippen LogP contribution in [0.3, 0.4) is 0 Å². The molecule has 0 spiro atoms. The maximum Gasteiger partial charge on any atom is 0.00721 e. The van der Waals surface area contributed by atoms with Gasteiger partial charge in [-0.3, -0.25) is 0 Å². The van der Waals surface area contributed by atoms with Gasteiger partial charge in [-0.15, -0.1) is 0 Å². The first-order valence-electron chi connectivity index (χ1n) is 8.37. The Kier molecular flexibility index (Phi) is 7.97. The molecule has 1 fully saturated rings. The second-order valence-corrected chi connectivity index (χ2v) is 6.92. The van der Waals surface area contributed by atoms with Crippen LogP contribution in [0.2, 0.25) is 0 Å². The van der Waals surface area contributed by atoms with Gasteiger partial charge in [0.1, 0.15) is 0 Å². The lowest BCUT2D eigenvalue weighted by Crippen LogP contribution is -2.39. The zero-order valence-electron chi connectivity index (χ0n) is 13.2. The summed E-state index contributed by atoms with van der Waals surface area (Å²) < 4.78 is 0. The minimum Gasteiger partial charge on any atom is -0.311 e. The van der Waals surface area contributed by atoms with E-state index < -0.39 is 0 Å². The van der Waals surface area contributed by atoms with Gasteiger partial charge in [0.05, 0.1) is 0 Å². The molecule has 0 aromatic rings. The van der Waals surface area contributed by atoms with Gasteiger partial charge >= 0.3 is 0 Å². The average molecular weight is 253 g/mol. The van der Waals surface area contributed by atoms with Crippen molar-refractivity contribution in [3.8, 4) is 0 Å². The molecule has 1 heteroatoms. The predicted molar refractivity (Wildman–Crippen MR) is 81.9 cm³/mol. The topological polar surface area (TPSA) is 12.0 Å². The zero-order valence-corrected chi connectivity index (χ0v) is 13.2. The van der Waals surface area contributed by atoms with E-state index in [4.69, 9.17) is 0 Å². The summed E-state index contributed by atoms with van der Waals surface area (Å²) in [4.78, 5) is 0. The Hall–Kier alpha value is -0.0400. The molecular formula is C17H35N. The first kappa shape index (κ1) is 16.0. The van der Waals surface area contributed by atoms with Crippen LogP contribution in [0.25, 0.3) is 0 Å². The van der Waals surface area contributed by atoms with Gasteiger partial charge in [-0.25, -0.2) is 0 Å². The molecule has 1 N–H and O–H groups in total. The van der Waals surface area contributed by atoms with Crippen LogP contribution in [0.15, 0.2) is 0 Å². The van der Waals surface area contributed by atoms with Crippen molar-refractivity contribution in [3.63, 3.8) is 0 Å². The molecule has 1 nitrogen and oxygen atoms in total. The van der Waals surface area contributed by atoms with Gasteiger partial charge in [0.2, 0.25) is 0 Å². The molecule has 3 unspecified atom stereocenters. The SMILES string of the molecule is CCCCCC(C)NC1CCCC(CC(C)C)C1. The Balaban J connectivity index is 2.20. The van der Waals surface area contributed by atoms with Crippen LogP contribution >= 0.6 is 0 Å². The lowest BCUT2D eigenvalue weighted by molar-refractivity contribution is 0.239. The number of hydrogen-bond donors (Lipinski definition) is 1. The number of hydrogen-bond acceptors (Lipinski definition) is 1. The monoisotopic (exact) mass is 253 g/mol. The first-order chi connectivity index (χ1) is 8.61. The largest absolute Gasteiger partial charge is 0.311 e. The van der Waals surface area contributed by atoms with Crippen molar-refractivity contribution >= 4 is 0 Å². The highest BCUT2D eigenvalue weighted by atomic mass is 14.9. The second-order valence-electron chi connectivity index (χ2n) is 6.92. The van der Waals surface area contributed by atoms with Crippen molar-refractivity contribution in [1.82, 2.24) is 5.32 Å². The summed E-state index contributed by atoms with van der Waals surface area (Å²) in [6.07, 6.45) is 12.7. The van der Waals surface area contributed by atoms with Crippen LogP contribution in [0, 0.1) is 11.8 Å². The molecule has 0 aromatic carbocycles. The minimum absolute atomic E-state index is 0.722.